The molecular formula is C26H27N5OS2. The number of hydrogen-bond donors (Lipinski definition) is 1. The molecule has 0 saturated heterocycles. The maximum absolute atomic E-state index is 12.4. The molecule has 1 amide bonds. The Bertz CT molecular complexity index is 1280. The average molecular weight is 490 g/mol. The second-order valence-corrected chi connectivity index (χ2v) is 10.7. The topological polar surface area (TPSA) is 72.2 Å². The van der Waals surface area contributed by atoms with E-state index in [1.54, 1.807) is 17.6 Å². The van der Waals surface area contributed by atoms with E-state index in [-0.39, 0.29) is 17.1 Å². The standard InChI is InChI=1S/C26H27N5OS2/c1-18-14-15-33-22(18)16-27-28-23(32)17-34-25-30-29-24(31(25)21-8-6-5-7-9-21)19-10-12-20(13-11-19)26(2,3)4/h5-16H,17H2,1-4H3,(H,28,32). The Balaban J connectivity index is 1.54. The predicted molar refractivity (Wildman–Crippen MR) is 141 cm³/mol. The number of carbonyl (C=O) groups excluding carboxylic acids is 1. The molecule has 0 radical (unpaired) electrons. The van der Waals surface area contributed by atoms with Crippen molar-refractivity contribution in [1.82, 2.24) is 20.2 Å². The minimum absolute atomic E-state index is 0.0741. The van der Waals surface area contributed by atoms with Crippen molar-refractivity contribution in [2.45, 2.75) is 38.3 Å². The molecule has 0 unspecified atom stereocenters. The number of rotatable bonds is 7. The molecule has 174 valence electrons. The van der Waals surface area contributed by atoms with E-state index in [1.807, 2.05) is 53.3 Å². The molecule has 34 heavy (non-hydrogen) atoms. The molecule has 4 rings (SSSR count). The lowest BCUT2D eigenvalue weighted by Gasteiger charge is -2.19. The van der Waals surface area contributed by atoms with E-state index in [0.717, 1.165) is 27.5 Å². The van der Waals surface area contributed by atoms with Crippen LogP contribution >= 0.6 is 23.1 Å². The van der Waals surface area contributed by atoms with Gasteiger partial charge in [0.1, 0.15) is 0 Å². The van der Waals surface area contributed by atoms with Crippen LogP contribution < -0.4 is 5.43 Å². The Kier molecular flexibility index (Phi) is 7.29. The second-order valence-electron chi connectivity index (χ2n) is 8.85. The Morgan fingerprint density at radius 1 is 1.09 bits per heavy atom. The third-order valence-electron chi connectivity index (χ3n) is 5.26. The summed E-state index contributed by atoms with van der Waals surface area (Å²) in [5.41, 5.74) is 6.97. The highest BCUT2D eigenvalue weighted by Crippen LogP contribution is 2.30. The molecule has 0 aliphatic heterocycles. The summed E-state index contributed by atoms with van der Waals surface area (Å²) in [5, 5.41) is 15.6. The fourth-order valence-corrected chi connectivity index (χ4v) is 4.85. The van der Waals surface area contributed by atoms with Crippen LogP contribution in [0.4, 0.5) is 0 Å². The van der Waals surface area contributed by atoms with Gasteiger partial charge < -0.3 is 0 Å². The van der Waals surface area contributed by atoms with Gasteiger partial charge in [0.2, 0.25) is 0 Å². The number of hydrogen-bond acceptors (Lipinski definition) is 6. The Morgan fingerprint density at radius 2 is 1.82 bits per heavy atom. The van der Waals surface area contributed by atoms with Crippen molar-refractivity contribution in [1.29, 1.82) is 0 Å². The van der Waals surface area contributed by atoms with Crippen molar-refractivity contribution in [3.8, 4) is 17.1 Å². The first-order valence-corrected chi connectivity index (χ1v) is 12.8. The molecule has 4 aromatic rings. The normalized spacial score (nSPS) is 11.8. The lowest BCUT2D eigenvalue weighted by Crippen LogP contribution is -2.20. The van der Waals surface area contributed by atoms with Gasteiger partial charge in [0.15, 0.2) is 11.0 Å². The Hall–Kier alpha value is -3.23. The number of thiophene rings is 1. The van der Waals surface area contributed by atoms with Crippen LogP contribution in [0.15, 0.2) is 76.3 Å². The smallest absolute Gasteiger partial charge is 0.250 e. The summed E-state index contributed by atoms with van der Waals surface area (Å²) in [5.74, 6) is 0.712. The van der Waals surface area contributed by atoms with Gasteiger partial charge in [-0.25, -0.2) is 5.43 Å². The molecule has 2 aromatic heterocycles. The van der Waals surface area contributed by atoms with Gasteiger partial charge in [-0.2, -0.15) is 5.10 Å². The highest BCUT2D eigenvalue weighted by Gasteiger charge is 2.19. The lowest BCUT2D eigenvalue weighted by atomic mass is 9.87. The average Bonchev–Trinajstić information content (AvgIpc) is 3.44. The predicted octanol–water partition coefficient (Wildman–Crippen LogP) is 5.84. The third-order valence-corrected chi connectivity index (χ3v) is 7.14. The molecule has 0 saturated carbocycles. The number of thioether (sulfide) groups is 1. The molecule has 0 spiro atoms. The second kappa shape index (κ2) is 10.4. The lowest BCUT2D eigenvalue weighted by molar-refractivity contribution is -0.118. The van der Waals surface area contributed by atoms with E-state index in [1.165, 1.54) is 17.3 Å². The highest BCUT2D eigenvalue weighted by atomic mass is 32.2. The molecule has 0 fully saturated rings. The van der Waals surface area contributed by atoms with E-state index in [4.69, 9.17) is 0 Å². The minimum Gasteiger partial charge on any atom is -0.272 e. The fourth-order valence-electron chi connectivity index (χ4n) is 3.32. The number of nitrogens with zero attached hydrogens (tertiary/aromatic N) is 4. The molecule has 1 N–H and O–H groups in total. The van der Waals surface area contributed by atoms with Gasteiger partial charge in [0.25, 0.3) is 5.91 Å². The Morgan fingerprint density at radius 3 is 2.47 bits per heavy atom. The van der Waals surface area contributed by atoms with Crippen LogP contribution in [-0.4, -0.2) is 32.6 Å². The monoisotopic (exact) mass is 489 g/mol. The van der Waals surface area contributed by atoms with Gasteiger partial charge in [-0.15, -0.1) is 21.5 Å². The molecule has 0 aliphatic rings. The maximum Gasteiger partial charge on any atom is 0.250 e. The summed E-state index contributed by atoms with van der Waals surface area (Å²) in [6.07, 6.45) is 1.67. The van der Waals surface area contributed by atoms with Crippen molar-refractivity contribution < 1.29 is 4.79 Å². The van der Waals surface area contributed by atoms with Gasteiger partial charge in [-0.1, -0.05) is 75.0 Å². The summed E-state index contributed by atoms with van der Waals surface area (Å²) in [4.78, 5) is 13.4. The summed E-state index contributed by atoms with van der Waals surface area (Å²) >= 11 is 2.92. The van der Waals surface area contributed by atoms with Crippen molar-refractivity contribution in [3.05, 3.63) is 82.0 Å². The molecule has 0 bridgehead atoms. The van der Waals surface area contributed by atoms with Gasteiger partial charge in [-0.05, 0) is 47.0 Å². The van der Waals surface area contributed by atoms with Crippen molar-refractivity contribution in [2.75, 3.05) is 5.75 Å². The van der Waals surface area contributed by atoms with Crippen LogP contribution in [0.2, 0.25) is 0 Å². The molecule has 2 heterocycles. The van der Waals surface area contributed by atoms with Gasteiger partial charge >= 0.3 is 0 Å². The van der Waals surface area contributed by atoms with Gasteiger partial charge in [-0.3, -0.25) is 9.36 Å². The number of benzene rings is 2. The quantitative estimate of drug-likeness (QED) is 0.201. The number of aromatic nitrogens is 3. The van der Waals surface area contributed by atoms with Crippen LogP contribution in [0.25, 0.3) is 17.1 Å². The number of carbonyl (C=O) groups is 1. The molecule has 6 nitrogen and oxygen atoms in total. The Labute approximate surface area is 208 Å². The fraction of sp³-hybridized carbons (Fsp3) is 0.231. The zero-order valence-corrected chi connectivity index (χ0v) is 21.3. The highest BCUT2D eigenvalue weighted by molar-refractivity contribution is 7.99. The van der Waals surface area contributed by atoms with Crippen LogP contribution in [0.1, 0.15) is 36.8 Å². The molecular weight excluding hydrogens is 462 g/mol. The number of nitrogens with one attached hydrogen (secondary N) is 1. The van der Waals surface area contributed by atoms with E-state index in [0.29, 0.717) is 5.16 Å². The number of para-hydroxylation sites is 1. The summed E-state index contributed by atoms with van der Waals surface area (Å²) in [6, 6.07) is 20.4. The van der Waals surface area contributed by atoms with E-state index >= 15 is 0 Å². The minimum atomic E-state index is -0.200. The summed E-state index contributed by atoms with van der Waals surface area (Å²) in [7, 11) is 0. The largest absolute Gasteiger partial charge is 0.272 e. The van der Waals surface area contributed by atoms with Gasteiger partial charge in [0.05, 0.1) is 12.0 Å². The maximum atomic E-state index is 12.4. The third kappa shape index (κ3) is 5.63. The van der Waals surface area contributed by atoms with Crippen LogP contribution in [0, 0.1) is 6.92 Å². The SMILES string of the molecule is Cc1ccsc1C=NNC(=O)CSc1nnc(-c2ccc(C(C)(C)C)cc2)n1-c1ccccc1. The zero-order valence-electron chi connectivity index (χ0n) is 19.6. The van der Waals surface area contributed by atoms with Crippen molar-refractivity contribution >= 4 is 35.2 Å². The number of amides is 1. The van der Waals surface area contributed by atoms with Crippen LogP contribution in [-0.2, 0) is 10.2 Å². The molecule has 0 atom stereocenters. The number of hydrazone groups is 1. The van der Waals surface area contributed by atoms with E-state index < -0.39 is 0 Å². The first-order chi connectivity index (χ1) is 16.3. The van der Waals surface area contributed by atoms with E-state index in [9.17, 15) is 4.79 Å². The van der Waals surface area contributed by atoms with Crippen LogP contribution in [0.5, 0.6) is 0 Å². The molecule has 8 heteroatoms. The summed E-state index contributed by atoms with van der Waals surface area (Å²) in [6.45, 7) is 8.60. The number of aryl methyl sites for hydroxylation is 1. The first-order valence-electron chi connectivity index (χ1n) is 10.9. The van der Waals surface area contributed by atoms with Crippen LogP contribution in [0.3, 0.4) is 0 Å². The zero-order chi connectivity index (χ0) is 24.1. The molecule has 0 aliphatic carbocycles. The van der Waals surface area contributed by atoms with Gasteiger partial charge in [0, 0.05) is 16.1 Å². The van der Waals surface area contributed by atoms with Crippen molar-refractivity contribution in [2.24, 2.45) is 5.10 Å². The summed E-state index contributed by atoms with van der Waals surface area (Å²) < 4.78 is 1.99. The first kappa shape index (κ1) is 23.9. The van der Waals surface area contributed by atoms with E-state index in [2.05, 4.69) is 65.8 Å². The molecule has 2 aromatic carbocycles. The van der Waals surface area contributed by atoms with Crippen molar-refractivity contribution in [3.63, 3.8) is 0 Å².